The normalized spacial score (nSPS) is 15.5. The number of benzene rings is 2. The van der Waals surface area contributed by atoms with E-state index in [2.05, 4.69) is 20.9 Å². The molecule has 15 heteroatoms. The van der Waals surface area contributed by atoms with Crippen LogP contribution in [-0.2, 0) is 23.9 Å². The summed E-state index contributed by atoms with van der Waals surface area (Å²) in [5, 5.41) is 8.46. The average molecular weight is 675 g/mol. The van der Waals surface area contributed by atoms with Gasteiger partial charge in [0.15, 0.2) is 0 Å². The predicted molar refractivity (Wildman–Crippen MR) is 165 cm³/mol. The average Bonchev–Trinajstić information content (AvgIpc) is 3.11. The van der Waals surface area contributed by atoms with Gasteiger partial charge in [-0.05, 0) is 33.3 Å². The van der Waals surface area contributed by atoms with Gasteiger partial charge >= 0.3 is 18.3 Å². The van der Waals surface area contributed by atoms with Crippen LogP contribution in [0, 0.1) is 5.92 Å². The molecule has 2 aromatic rings. The molecule has 3 rings (SSSR count). The number of halogens is 6. The van der Waals surface area contributed by atoms with Crippen molar-refractivity contribution in [3.8, 4) is 0 Å². The molecular weight excluding hydrogens is 634 g/mol. The maximum Gasteiger partial charge on any atom is 0.389 e. The van der Waals surface area contributed by atoms with Crippen molar-refractivity contribution in [1.82, 2.24) is 5.32 Å². The molecule has 0 fully saturated rings. The van der Waals surface area contributed by atoms with Crippen molar-refractivity contribution in [3.63, 3.8) is 0 Å². The third kappa shape index (κ3) is 14.0. The number of methoxy groups -OCH3 is 1. The lowest BCUT2D eigenvalue weighted by Crippen LogP contribution is -2.45. The molecule has 260 valence electrons. The number of benzodiazepines with no additional fused rings is 1. The molecule has 1 aliphatic rings. The number of alkyl halides is 6. The van der Waals surface area contributed by atoms with Crippen LogP contribution in [0.25, 0.3) is 0 Å². The third-order valence-corrected chi connectivity index (χ3v) is 6.40. The van der Waals surface area contributed by atoms with Gasteiger partial charge in [0.1, 0.15) is 5.60 Å². The Labute approximate surface area is 269 Å². The topological polar surface area (TPSA) is 118 Å². The van der Waals surface area contributed by atoms with E-state index in [9.17, 15) is 40.7 Å². The van der Waals surface area contributed by atoms with Gasteiger partial charge < -0.3 is 25.4 Å². The van der Waals surface area contributed by atoms with Crippen LogP contribution in [-0.4, -0.2) is 67.9 Å². The van der Waals surface area contributed by atoms with Gasteiger partial charge in [-0.1, -0.05) is 49.4 Å². The summed E-state index contributed by atoms with van der Waals surface area (Å²) in [7, 11) is 1.56. The largest absolute Gasteiger partial charge is 0.460 e. The Kier molecular flexibility index (Phi) is 14.2. The van der Waals surface area contributed by atoms with Crippen molar-refractivity contribution in [1.29, 1.82) is 0 Å². The van der Waals surface area contributed by atoms with Gasteiger partial charge in [0.25, 0.3) is 5.91 Å². The van der Waals surface area contributed by atoms with Gasteiger partial charge in [-0.15, -0.1) is 0 Å². The molecule has 2 amide bonds. The van der Waals surface area contributed by atoms with Crippen LogP contribution in [0.2, 0.25) is 0 Å². The van der Waals surface area contributed by atoms with Gasteiger partial charge in [0, 0.05) is 43.5 Å². The van der Waals surface area contributed by atoms with Gasteiger partial charge in [-0.2, -0.15) is 26.3 Å². The third-order valence-electron chi connectivity index (χ3n) is 6.40. The van der Waals surface area contributed by atoms with E-state index in [0.717, 1.165) is 6.92 Å². The van der Waals surface area contributed by atoms with Gasteiger partial charge in [-0.3, -0.25) is 14.4 Å². The molecule has 0 aliphatic carbocycles. The molecule has 2 atom stereocenters. The molecule has 2 unspecified atom stereocenters. The maximum atomic E-state index is 13.4. The van der Waals surface area contributed by atoms with Gasteiger partial charge in [0.05, 0.1) is 30.1 Å². The van der Waals surface area contributed by atoms with E-state index >= 15 is 0 Å². The van der Waals surface area contributed by atoms with Crippen LogP contribution in [0.1, 0.15) is 64.5 Å². The first-order chi connectivity index (χ1) is 21.8. The van der Waals surface area contributed by atoms with Crippen LogP contribution < -0.4 is 16.0 Å². The number of hydrogen-bond acceptors (Lipinski definition) is 7. The van der Waals surface area contributed by atoms with Crippen LogP contribution in [0.4, 0.5) is 37.7 Å². The second kappa shape index (κ2) is 17.1. The van der Waals surface area contributed by atoms with Crippen molar-refractivity contribution >= 4 is 34.9 Å². The number of anilines is 2. The fraction of sp³-hybridized carbons (Fsp3) is 0.500. The highest BCUT2D eigenvalue weighted by molar-refractivity contribution is 6.21. The Balaban J connectivity index is 0.00000117. The number of nitrogens with one attached hydrogen (secondary N) is 3. The molecule has 0 spiro atoms. The summed E-state index contributed by atoms with van der Waals surface area (Å²) in [5.74, 6) is -3.83. The van der Waals surface area contributed by atoms with Crippen LogP contribution >= 0.6 is 0 Å². The van der Waals surface area contributed by atoms with Crippen molar-refractivity contribution in [2.24, 2.45) is 10.9 Å². The zero-order chi connectivity index (χ0) is 35.4. The molecular formula is C32H40F6N4O5. The molecule has 9 nitrogen and oxygen atoms in total. The number of ether oxygens (including phenoxy) is 2. The van der Waals surface area contributed by atoms with Gasteiger partial charge in [0.2, 0.25) is 12.1 Å². The first kappa shape index (κ1) is 39.0. The molecule has 0 aromatic heterocycles. The molecule has 2 aromatic carbocycles. The summed E-state index contributed by atoms with van der Waals surface area (Å²) in [4.78, 5) is 43.6. The molecule has 1 aliphatic heterocycles. The molecule has 0 saturated heterocycles. The number of amides is 2. The number of fused-ring (bicyclic) bond motifs is 1. The van der Waals surface area contributed by atoms with Crippen molar-refractivity contribution in [3.05, 3.63) is 59.7 Å². The zero-order valence-corrected chi connectivity index (χ0v) is 26.8. The van der Waals surface area contributed by atoms with Crippen LogP contribution in [0.5, 0.6) is 0 Å². The second-order valence-corrected chi connectivity index (χ2v) is 11.5. The summed E-state index contributed by atoms with van der Waals surface area (Å²) >= 11 is 0. The Morgan fingerprint density at radius 1 is 0.979 bits per heavy atom. The number of rotatable bonds is 11. The molecule has 0 radical (unpaired) electrons. The van der Waals surface area contributed by atoms with E-state index in [1.165, 1.54) is 0 Å². The minimum absolute atomic E-state index is 0.388. The Morgan fingerprint density at radius 2 is 1.62 bits per heavy atom. The molecule has 1 heterocycles. The fourth-order valence-electron chi connectivity index (χ4n) is 4.19. The highest BCUT2D eigenvalue weighted by Crippen LogP contribution is 2.32. The number of aliphatic imine (C=N–C) groups is 1. The van der Waals surface area contributed by atoms with Crippen molar-refractivity contribution < 1.29 is 50.2 Å². The van der Waals surface area contributed by atoms with Crippen LogP contribution in [0.3, 0.4) is 0 Å². The lowest BCUT2D eigenvalue weighted by atomic mass is 9.97. The van der Waals surface area contributed by atoms with E-state index in [1.54, 1.807) is 70.3 Å². The lowest BCUT2D eigenvalue weighted by molar-refractivity contribution is -0.159. The van der Waals surface area contributed by atoms with Gasteiger partial charge in [-0.25, -0.2) is 4.99 Å². The number of esters is 1. The number of carbonyl (C=O) groups excluding carboxylic acids is 3. The first-order valence-corrected chi connectivity index (χ1v) is 14.8. The first-order valence-electron chi connectivity index (χ1n) is 14.8. The quantitative estimate of drug-likeness (QED) is 0.140. The number of nitrogens with zero attached hydrogens (tertiary/aromatic N) is 1. The second-order valence-electron chi connectivity index (χ2n) is 11.5. The van der Waals surface area contributed by atoms with Crippen molar-refractivity contribution in [2.75, 3.05) is 30.9 Å². The minimum Gasteiger partial charge on any atom is -0.460 e. The predicted octanol–water partition coefficient (Wildman–Crippen LogP) is 6.63. The number of carbonyl (C=O) groups is 3. The van der Waals surface area contributed by atoms with E-state index < -0.39 is 73.5 Å². The standard InChI is InChI=1S/C29H35F3N4O5.C3H5F3/c1-28(2,3)41-22(37)17-19(13-14-29(30,31)32)26(38)36-25-27(39)35-24-20(11-8-12-21(24)33-15-16-40-4)23(34-25)18-9-6-5-7-10-18;1-2-3(4,5)6/h5-12,19,25,33H,13-17H2,1-4H3,(H,35,39)(H,36,38);2H2,1H3. The lowest BCUT2D eigenvalue weighted by Gasteiger charge is -2.23. The maximum absolute atomic E-state index is 13.4. The number of para-hydroxylation sites is 1. The molecule has 0 saturated carbocycles. The molecule has 3 N–H and O–H groups in total. The summed E-state index contributed by atoms with van der Waals surface area (Å²) in [5.41, 5.74) is 1.75. The van der Waals surface area contributed by atoms with E-state index in [4.69, 9.17) is 9.47 Å². The Hall–Kier alpha value is -4.14. The summed E-state index contributed by atoms with van der Waals surface area (Å²) in [6.07, 6.45) is -13.2. The number of hydrogen-bond donors (Lipinski definition) is 3. The summed E-state index contributed by atoms with van der Waals surface area (Å²) < 4.78 is 81.8. The van der Waals surface area contributed by atoms with Crippen LogP contribution in [0.15, 0.2) is 53.5 Å². The monoisotopic (exact) mass is 674 g/mol. The zero-order valence-electron chi connectivity index (χ0n) is 26.8. The van der Waals surface area contributed by atoms with E-state index in [-0.39, 0.29) is 0 Å². The Bertz CT molecular complexity index is 1370. The highest BCUT2D eigenvalue weighted by Gasteiger charge is 2.35. The molecule has 0 bridgehead atoms. The molecule has 47 heavy (non-hydrogen) atoms. The minimum atomic E-state index is -4.54. The van der Waals surface area contributed by atoms with Crippen molar-refractivity contribution in [2.45, 2.75) is 77.5 Å². The smallest absolute Gasteiger partial charge is 0.389 e. The van der Waals surface area contributed by atoms with E-state index in [0.29, 0.717) is 41.4 Å². The van der Waals surface area contributed by atoms with E-state index in [1.807, 2.05) is 6.07 Å². The Morgan fingerprint density at radius 3 is 2.17 bits per heavy atom. The SMILES string of the molecule is CCC(F)(F)F.COCCNc1cccc2c1NC(=O)C(NC(=O)C(CCC(F)(F)F)CC(=O)OC(C)(C)C)N=C2c1ccccc1. The fourth-order valence-corrected chi connectivity index (χ4v) is 4.19. The highest BCUT2D eigenvalue weighted by atomic mass is 19.4. The summed E-state index contributed by atoms with van der Waals surface area (Å²) in [6.45, 7) is 6.78. The summed E-state index contributed by atoms with van der Waals surface area (Å²) in [6, 6.07) is 14.3.